The zero-order valence-electron chi connectivity index (χ0n) is 14.6. The molecule has 1 heterocycles. The third-order valence-electron chi connectivity index (χ3n) is 3.92. The fourth-order valence-corrected chi connectivity index (χ4v) is 3.12. The molecule has 1 aliphatic heterocycles. The lowest BCUT2D eigenvalue weighted by Crippen LogP contribution is -2.47. The Morgan fingerprint density at radius 2 is 2.17 bits per heavy atom. The summed E-state index contributed by atoms with van der Waals surface area (Å²) >= 11 is 5.46. The second-order valence-corrected chi connectivity index (χ2v) is 6.67. The second-order valence-electron chi connectivity index (χ2n) is 6.29. The van der Waals surface area contributed by atoms with Crippen LogP contribution >= 0.6 is 12.2 Å². The number of allylic oxidation sites excluding steroid dienone is 1. The Morgan fingerprint density at radius 3 is 2.75 bits per heavy atom. The summed E-state index contributed by atoms with van der Waals surface area (Å²) in [6.45, 7) is 8.99. The van der Waals surface area contributed by atoms with Crippen molar-refractivity contribution in [2.45, 2.75) is 33.7 Å². The van der Waals surface area contributed by atoms with Gasteiger partial charge in [-0.2, -0.15) is 0 Å². The number of ether oxygens (including phenoxy) is 1. The van der Waals surface area contributed by atoms with E-state index in [-0.39, 0.29) is 17.9 Å². The lowest BCUT2D eigenvalue weighted by atomic mass is 9.94. The number of thiocarbonyl (C=S) groups is 1. The average Bonchev–Trinajstić information content (AvgIpc) is 2.52. The number of anilines is 1. The van der Waals surface area contributed by atoms with Gasteiger partial charge in [0.2, 0.25) is 0 Å². The van der Waals surface area contributed by atoms with Crippen LogP contribution in [0, 0.1) is 5.92 Å². The van der Waals surface area contributed by atoms with Crippen LogP contribution in [0.25, 0.3) is 0 Å². The van der Waals surface area contributed by atoms with E-state index >= 15 is 0 Å². The summed E-state index contributed by atoms with van der Waals surface area (Å²) in [5.41, 5.74) is 8.84. The van der Waals surface area contributed by atoms with E-state index in [1.54, 1.807) is 0 Å². The number of benzene rings is 1. The Balaban J connectivity index is 2.45. The molecule has 0 radical (unpaired) electrons. The summed E-state index contributed by atoms with van der Waals surface area (Å²) in [6, 6.07) is 7.11. The topological polar surface area (TPSA) is 67.6 Å². The van der Waals surface area contributed by atoms with Gasteiger partial charge in [-0.25, -0.2) is 4.79 Å². The molecular formula is C18H25N3O2S. The van der Waals surface area contributed by atoms with Crippen molar-refractivity contribution in [3.8, 4) is 0 Å². The number of nitrogen functional groups attached to an aromatic ring is 1. The molecule has 1 unspecified atom stereocenters. The van der Waals surface area contributed by atoms with Crippen LogP contribution < -0.4 is 11.1 Å². The van der Waals surface area contributed by atoms with Crippen LogP contribution in [-0.4, -0.2) is 29.1 Å². The summed E-state index contributed by atoms with van der Waals surface area (Å²) in [4.78, 5) is 14.6. The van der Waals surface area contributed by atoms with E-state index < -0.39 is 0 Å². The minimum absolute atomic E-state index is 0.278. The van der Waals surface area contributed by atoms with E-state index in [1.165, 1.54) is 0 Å². The predicted octanol–water partition coefficient (Wildman–Crippen LogP) is 2.99. The SMILES string of the molecule is CCN1C(=S)NC(c2cccc(N)c2)C(C(=O)OCC(C)C)=C1C. The van der Waals surface area contributed by atoms with Gasteiger partial charge in [0.1, 0.15) is 0 Å². The molecule has 1 aliphatic rings. The van der Waals surface area contributed by atoms with Gasteiger partial charge in [0, 0.05) is 17.9 Å². The first-order chi connectivity index (χ1) is 11.3. The fourth-order valence-electron chi connectivity index (χ4n) is 2.74. The van der Waals surface area contributed by atoms with Crippen LogP contribution in [0.4, 0.5) is 5.69 Å². The maximum Gasteiger partial charge on any atom is 0.338 e. The van der Waals surface area contributed by atoms with Crippen molar-refractivity contribution in [2.75, 3.05) is 18.9 Å². The number of esters is 1. The zero-order chi connectivity index (χ0) is 17.9. The standard InChI is InChI=1S/C18H25N3O2S/c1-5-21-12(4)15(17(22)23-10-11(2)3)16(20-18(21)24)13-7-6-8-14(19)9-13/h6-9,11,16H,5,10,19H2,1-4H3,(H,20,24). The third kappa shape index (κ3) is 3.87. The Morgan fingerprint density at radius 1 is 1.46 bits per heavy atom. The van der Waals surface area contributed by atoms with Crippen molar-refractivity contribution < 1.29 is 9.53 Å². The molecule has 0 aliphatic carbocycles. The van der Waals surface area contributed by atoms with Gasteiger partial charge >= 0.3 is 5.97 Å². The maximum absolute atomic E-state index is 12.7. The number of nitrogens with one attached hydrogen (secondary N) is 1. The third-order valence-corrected chi connectivity index (χ3v) is 4.26. The van der Waals surface area contributed by atoms with Crippen molar-refractivity contribution in [3.63, 3.8) is 0 Å². The predicted molar refractivity (Wildman–Crippen MR) is 100 cm³/mol. The molecule has 0 bridgehead atoms. The van der Waals surface area contributed by atoms with Crippen molar-refractivity contribution in [1.29, 1.82) is 0 Å². The van der Waals surface area contributed by atoms with Crippen molar-refractivity contribution in [2.24, 2.45) is 5.92 Å². The van der Waals surface area contributed by atoms with E-state index in [0.717, 1.165) is 11.3 Å². The Kier molecular flexibility index (Phi) is 5.83. The molecule has 0 fully saturated rings. The lowest BCUT2D eigenvalue weighted by molar-refractivity contribution is -0.140. The molecule has 5 nitrogen and oxygen atoms in total. The summed E-state index contributed by atoms with van der Waals surface area (Å²) in [6.07, 6.45) is 0. The van der Waals surface area contributed by atoms with Crippen molar-refractivity contribution in [3.05, 3.63) is 41.1 Å². The summed E-state index contributed by atoms with van der Waals surface area (Å²) in [7, 11) is 0. The van der Waals surface area contributed by atoms with Crippen LogP contribution in [0.15, 0.2) is 35.5 Å². The van der Waals surface area contributed by atoms with Gasteiger partial charge in [0.25, 0.3) is 0 Å². The van der Waals surface area contributed by atoms with Crippen LogP contribution in [0.1, 0.15) is 39.3 Å². The quantitative estimate of drug-likeness (QED) is 0.485. The van der Waals surface area contributed by atoms with Crippen molar-refractivity contribution in [1.82, 2.24) is 10.2 Å². The molecule has 0 amide bonds. The molecule has 6 heteroatoms. The molecule has 24 heavy (non-hydrogen) atoms. The monoisotopic (exact) mass is 347 g/mol. The Hall–Kier alpha value is -2.08. The van der Waals surface area contributed by atoms with Crippen LogP contribution in [-0.2, 0) is 9.53 Å². The molecule has 1 aromatic carbocycles. The molecular weight excluding hydrogens is 322 g/mol. The molecule has 2 rings (SSSR count). The van der Waals surface area contributed by atoms with Crippen LogP contribution in [0.3, 0.4) is 0 Å². The number of carbonyl (C=O) groups is 1. The minimum atomic E-state index is -0.358. The molecule has 0 saturated carbocycles. The smallest absolute Gasteiger partial charge is 0.338 e. The second kappa shape index (κ2) is 7.66. The number of rotatable bonds is 5. The molecule has 1 atom stereocenters. The van der Waals surface area contributed by atoms with E-state index in [1.807, 2.05) is 56.9 Å². The molecule has 0 saturated heterocycles. The number of nitrogens with zero attached hydrogens (tertiary/aromatic N) is 1. The highest BCUT2D eigenvalue weighted by atomic mass is 32.1. The fraction of sp³-hybridized carbons (Fsp3) is 0.444. The molecule has 0 spiro atoms. The van der Waals surface area contributed by atoms with Gasteiger partial charge in [-0.3, -0.25) is 0 Å². The van der Waals surface area contributed by atoms with Crippen molar-refractivity contribution >= 4 is 29.0 Å². The van der Waals surface area contributed by atoms with Crippen LogP contribution in [0.5, 0.6) is 0 Å². The highest BCUT2D eigenvalue weighted by molar-refractivity contribution is 7.80. The van der Waals surface area contributed by atoms with Gasteiger partial charge in [0.05, 0.1) is 18.2 Å². The minimum Gasteiger partial charge on any atom is -0.462 e. The summed E-state index contributed by atoms with van der Waals surface area (Å²) in [5.74, 6) is -0.0392. The first-order valence-electron chi connectivity index (χ1n) is 8.16. The summed E-state index contributed by atoms with van der Waals surface area (Å²) < 4.78 is 5.49. The molecule has 3 N–H and O–H groups in total. The number of carbonyl (C=O) groups excluding carboxylic acids is 1. The maximum atomic E-state index is 12.7. The number of hydrogen-bond donors (Lipinski definition) is 2. The van der Waals surface area contributed by atoms with E-state index in [9.17, 15) is 4.79 Å². The largest absolute Gasteiger partial charge is 0.462 e. The molecule has 130 valence electrons. The average molecular weight is 347 g/mol. The number of hydrogen-bond acceptors (Lipinski definition) is 4. The molecule has 1 aromatic rings. The van der Waals surface area contributed by atoms with E-state index in [2.05, 4.69) is 5.32 Å². The Labute approximate surface area is 148 Å². The normalized spacial score (nSPS) is 18.0. The first kappa shape index (κ1) is 18.3. The Bertz CT molecular complexity index is 670. The van der Waals surface area contributed by atoms with E-state index in [0.29, 0.717) is 29.5 Å². The highest BCUT2D eigenvalue weighted by Crippen LogP contribution is 2.32. The number of nitrogens with two attached hydrogens (primary N) is 1. The first-order valence-corrected chi connectivity index (χ1v) is 8.57. The van der Waals surface area contributed by atoms with Gasteiger partial charge in [-0.15, -0.1) is 0 Å². The summed E-state index contributed by atoms with van der Waals surface area (Å²) in [5, 5.41) is 3.85. The van der Waals surface area contributed by atoms with Gasteiger partial charge in [-0.05, 0) is 49.7 Å². The van der Waals surface area contributed by atoms with Gasteiger partial charge in [-0.1, -0.05) is 26.0 Å². The lowest BCUT2D eigenvalue weighted by Gasteiger charge is -2.37. The van der Waals surface area contributed by atoms with Gasteiger partial charge < -0.3 is 20.7 Å². The molecule has 0 aromatic heterocycles. The van der Waals surface area contributed by atoms with Crippen LogP contribution in [0.2, 0.25) is 0 Å². The van der Waals surface area contributed by atoms with Gasteiger partial charge in [0.15, 0.2) is 5.11 Å². The highest BCUT2D eigenvalue weighted by Gasteiger charge is 2.34. The zero-order valence-corrected chi connectivity index (χ0v) is 15.4. The van der Waals surface area contributed by atoms with E-state index in [4.69, 9.17) is 22.7 Å².